The SMILES string of the molecule is CC(F)(F)C(F)COC(=O)C12CC3CC4C5CC(CC41)CC2C5C3. The summed E-state index contributed by atoms with van der Waals surface area (Å²) in [6.07, 6.45) is 4.42. The molecule has 134 valence electrons. The third-order valence-corrected chi connectivity index (χ3v) is 8.37. The maximum atomic E-state index is 13.6. The fourth-order valence-electron chi connectivity index (χ4n) is 7.77. The molecular formula is C19H25F3O2. The van der Waals surface area contributed by atoms with Gasteiger partial charge in [-0.05, 0) is 80.0 Å². The van der Waals surface area contributed by atoms with Crippen LogP contribution in [0.4, 0.5) is 13.2 Å². The summed E-state index contributed by atoms with van der Waals surface area (Å²) in [5.41, 5.74) is -0.479. The molecule has 0 aliphatic heterocycles. The van der Waals surface area contributed by atoms with Gasteiger partial charge in [-0.3, -0.25) is 4.79 Å². The quantitative estimate of drug-likeness (QED) is 0.715. The number of rotatable bonds is 4. The van der Waals surface area contributed by atoms with Gasteiger partial charge in [0.2, 0.25) is 0 Å². The summed E-state index contributed by atoms with van der Waals surface area (Å²) >= 11 is 0. The first-order valence-electron chi connectivity index (χ1n) is 9.49. The average Bonchev–Trinajstić information content (AvgIpc) is 2.55. The Morgan fingerprint density at radius 2 is 1.67 bits per heavy atom. The maximum Gasteiger partial charge on any atom is 0.312 e. The van der Waals surface area contributed by atoms with Gasteiger partial charge in [0.05, 0.1) is 5.41 Å². The first kappa shape index (κ1) is 15.5. The lowest BCUT2D eigenvalue weighted by atomic mass is 9.31. The Morgan fingerprint density at radius 3 is 2.25 bits per heavy atom. The van der Waals surface area contributed by atoms with Crippen LogP contribution in [0.1, 0.15) is 45.4 Å². The standard InChI is InChI=1S/C19H25F3O2/c1-18(21,22)16(20)8-24-17(23)19-7-10-3-12-11-2-9(5-14(12)19)6-15(19)13(11)4-10/h9-16H,2-8H2,1H3. The number of hydrogen-bond acceptors (Lipinski definition) is 2. The summed E-state index contributed by atoms with van der Waals surface area (Å²) in [5, 5.41) is 0. The molecule has 7 saturated carbocycles. The Labute approximate surface area is 140 Å². The lowest BCUT2D eigenvalue weighted by Crippen LogP contribution is -2.70. The number of alkyl halides is 3. The molecule has 0 saturated heterocycles. The number of ether oxygens (including phenoxy) is 1. The van der Waals surface area contributed by atoms with Crippen LogP contribution < -0.4 is 0 Å². The van der Waals surface area contributed by atoms with Gasteiger partial charge in [-0.15, -0.1) is 0 Å². The molecule has 0 aromatic rings. The average molecular weight is 342 g/mol. The molecule has 5 unspecified atom stereocenters. The third-order valence-electron chi connectivity index (χ3n) is 8.37. The van der Waals surface area contributed by atoms with Crippen LogP contribution in [0.15, 0.2) is 0 Å². The fourth-order valence-corrected chi connectivity index (χ4v) is 7.77. The van der Waals surface area contributed by atoms with E-state index in [4.69, 9.17) is 4.74 Å². The van der Waals surface area contributed by atoms with Crippen molar-refractivity contribution in [3.63, 3.8) is 0 Å². The van der Waals surface area contributed by atoms with Crippen molar-refractivity contribution in [2.45, 2.75) is 57.5 Å². The van der Waals surface area contributed by atoms with Crippen LogP contribution in [0.2, 0.25) is 0 Å². The van der Waals surface area contributed by atoms with Crippen molar-refractivity contribution in [1.82, 2.24) is 0 Å². The van der Waals surface area contributed by atoms with Gasteiger partial charge in [-0.25, -0.2) is 13.2 Å². The highest BCUT2D eigenvalue weighted by Gasteiger charge is 2.73. The highest BCUT2D eigenvalue weighted by Crippen LogP contribution is 2.76. The minimum absolute atomic E-state index is 0.359. The van der Waals surface area contributed by atoms with E-state index in [0.717, 1.165) is 31.1 Å². The van der Waals surface area contributed by atoms with Crippen LogP contribution in [-0.2, 0) is 9.53 Å². The second-order valence-corrected chi connectivity index (χ2v) is 9.38. The molecule has 0 amide bonds. The van der Waals surface area contributed by atoms with Crippen molar-refractivity contribution < 1.29 is 22.7 Å². The van der Waals surface area contributed by atoms with E-state index in [1.54, 1.807) is 0 Å². The Morgan fingerprint density at radius 1 is 1.08 bits per heavy atom. The summed E-state index contributed by atoms with van der Waals surface area (Å²) in [7, 11) is 0. The van der Waals surface area contributed by atoms with Crippen LogP contribution in [0.25, 0.3) is 0 Å². The van der Waals surface area contributed by atoms with Gasteiger partial charge in [0.25, 0.3) is 5.92 Å². The molecule has 2 nitrogen and oxygen atoms in total. The van der Waals surface area contributed by atoms with Gasteiger partial charge < -0.3 is 4.74 Å². The van der Waals surface area contributed by atoms with Crippen LogP contribution in [-0.4, -0.2) is 24.7 Å². The van der Waals surface area contributed by atoms with E-state index in [2.05, 4.69) is 0 Å². The molecule has 7 rings (SSSR count). The lowest BCUT2D eigenvalue weighted by molar-refractivity contribution is -0.260. The summed E-state index contributed by atoms with van der Waals surface area (Å²) in [6, 6.07) is 0. The second kappa shape index (κ2) is 4.70. The lowest BCUT2D eigenvalue weighted by Gasteiger charge is -2.73. The van der Waals surface area contributed by atoms with Gasteiger partial charge in [-0.1, -0.05) is 0 Å². The van der Waals surface area contributed by atoms with Crippen LogP contribution >= 0.6 is 0 Å². The van der Waals surface area contributed by atoms with Crippen molar-refractivity contribution in [3.05, 3.63) is 0 Å². The first-order chi connectivity index (χ1) is 11.3. The second-order valence-electron chi connectivity index (χ2n) is 9.38. The van der Waals surface area contributed by atoms with Gasteiger partial charge >= 0.3 is 5.97 Å². The fraction of sp³-hybridized carbons (Fsp3) is 0.947. The minimum atomic E-state index is -3.46. The van der Waals surface area contributed by atoms with E-state index < -0.39 is 24.1 Å². The van der Waals surface area contributed by atoms with E-state index >= 15 is 0 Å². The monoisotopic (exact) mass is 342 g/mol. The summed E-state index contributed by atoms with van der Waals surface area (Å²) in [4.78, 5) is 13.0. The number of hydrogen-bond donors (Lipinski definition) is 0. The zero-order valence-electron chi connectivity index (χ0n) is 14.0. The van der Waals surface area contributed by atoms with Crippen molar-refractivity contribution in [1.29, 1.82) is 0 Å². The number of halogens is 3. The predicted octanol–water partition coefficient (Wildman–Crippen LogP) is 4.23. The number of carbonyl (C=O) groups is 1. The van der Waals surface area contributed by atoms with Crippen molar-refractivity contribution >= 4 is 5.97 Å². The third kappa shape index (κ3) is 1.82. The largest absolute Gasteiger partial charge is 0.462 e. The van der Waals surface area contributed by atoms with Gasteiger partial charge in [-0.2, -0.15) is 0 Å². The summed E-state index contributed by atoms with van der Waals surface area (Å²) in [5.74, 6) is 0.247. The highest BCUT2D eigenvalue weighted by molar-refractivity contribution is 5.79. The van der Waals surface area contributed by atoms with Crippen LogP contribution in [0.3, 0.4) is 0 Å². The Bertz CT molecular complexity index is 547. The summed E-state index contributed by atoms with van der Waals surface area (Å²) < 4.78 is 44.9. The number of esters is 1. The molecule has 0 radical (unpaired) electrons. The molecule has 7 aliphatic carbocycles. The van der Waals surface area contributed by atoms with Gasteiger partial charge in [0, 0.05) is 6.92 Å². The van der Waals surface area contributed by atoms with E-state index in [0.29, 0.717) is 36.5 Å². The topological polar surface area (TPSA) is 26.3 Å². The maximum absolute atomic E-state index is 13.6. The molecule has 7 aliphatic rings. The normalized spacial score (nSPS) is 51.9. The van der Waals surface area contributed by atoms with E-state index in [9.17, 15) is 18.0 Å². The van der Waals surface area contributed by atoms with E-state index in [1.165, 1.54) is 19.3 Å². The zero-order valence-corrected chi connectivity index (χ0v) is 14.0. The molecule has 24 heavy (non-hydrogen) atoms. The first-order valence-corrected chi connectivity index (χ1v) is 9.49. The van der Waals surface area contributed by atoms with Crippen molar-refractivity contribution in [2.24, 2.45) is 46.8 Å². The molecule has 0 aromatic carbocycles. The molecular weight excluding hydrogens is 317 g/mol. The van der Waals surface area contributed by atoms with E-state index in [1.807, 2.05) is 0 Å². The highest BCUT2D eigenvalue weighted by atomic mass is 19.3. The van der Waals surface area contributed by atoms with Gasteiger partial charge in [0.15, 0.2) is 6.17 Å². The Hall–Kier alpha value is -0.740. The Balaban J connectivity index is 1.42. The molecule has 8 bridgehead atoms. The van der Waals surface area contributed by atoms with Gasteiger partial charge in [0.1, 0.15) is 6.61 Å². The van der Waals surface area contributed by atoms with Crippen molar-refractivity contribution in [2.75, 3.05) is 6.61 Å². The minimum Gasteiger partial charge on any atom is -0.462 e. The smallest absolute Gasteiger partial charge is 0.312 e. The molecule has 5 heteroatoms. The van der Waals surface area contributed by atoms with Crippen LogP contribution in [0.5, 0.6) is 0 Å². The molecule has 0 heterocycles. The molecule has 0 N–H and O–H groups in total. The van der Waals surface area contributed by atoms with E-state index in [-0.39, 0.29) is 5.97 Å². The molecule has 0 aromatic heterocycles. The van der Waals surface area contributed by atoms with Crippen LogP contribution in [0, 0.1) is 46.8 Å². The Kier molecular flexibility index (Phi) is 3.04. The molecule has 5 atom stereocenters. The van der Waals surface area contributed by atoms with Crippen molar-refractivity contribution in [3.8, 4) is 0 Å². The summed E-state index contributed by atoms with van der Waals surface area (Å²) in [6.45, 7) is -0.269. The molecule has 0 spiro atoms. The zero-order chi connectivity index (χ0) is 16.9. The molecule has 7 fully saturated rings. The number of carbonyl (C=O) groups excluding carboxylic acids is 1. The predicted molar refractivity (Wildman–Crippen MR) is 81.0 cm³/mol.